The molecule has 0 aromatic heterocycles. The number of hydrogen-bond donors (Lipinski definition) is 4. The van der Waals surface area contributed by atoms with Crippen molar-refractivity contribution in [1.82, 2.24) is 5.32 Å². The Morgan fingerprint density at radius 3 is 2.35 bits per heavy atom. The van der Waals surface area contributed by atoms with Crippen LogP contribution in [0.1, 0.15) is 31.7 Å². The number of carbonyl (C=O) groups is 1. The monoisotopic (exact) mass is 280 g/mol. The lowest BCUT2D eigenvalue weighted by molar-refractivity contribution is -0.139. The molecule has 111 valence electrons. The van der Waals surface area contributed by atoms with E-state index in [1.165, 1.54) is 0 Å². The van der Waals surface area contributed by atoms with Crippen LogP contribution < -0.4 is 5.32 Å². The van der Waals surface area contributed by atoms with Crippen molar-refractivity contribution in [3.8, 4) is 0 Å². The van der Waals surface area contributed by atoms with Gasteiger partial charge in [0.2, 0.25) is 0 Å². The van der Waals surface area contributed by atoms with Crippen molar-refractivity contribution in [2.75, 3.05) is 6.54 Å². The zero-order valence-electron chi connectivity index (χ0n) is 11.8. The molecule has 1 radical (unpaired) electrons. The Morgan fingerprint density at radius 1 is 1.25 bits per heavy atom. The van der Waals surface area contributed by atoms with E-state index in [4.69, 9.17) is 15.2 Å². The van der Waals surface area contributed by atoms with E-state index in [9.17, 15) is 4.79 Å². The maximum atomic E-state index is 11.1. The number of aliphatic carboxylic acids is 1. The second kappa shape index (κ2) is 12.7. The van der Waals surface area contributed by atoms with Crippen molar-refractivity contribution in [3.63, 3.8) is 0 Å². The summed E-state index contributed by atoms with van der Waals surface area (Å²) in [5.74, 6) is -0.773. The molecule has 1 aromatic carbocycles. The third-order valence-corrected chi connectivity index (χ3v) is 2.75. The topological polar surface area (TPSA) is 89.8 Å². The minimum absolute atomic E-state index is 0. The lowest BCUT2D eigenvalue weighted by Gasteiger charge is -2.14. The van der Waals surface area contributed by atoms with Crippen LogP contribution in [0.5, 0.6) is 0 Å². The molecule has 5 nitrogen and oxygen atoms in total. The molecule has 0 aliphatic carbocycles. The molecule has 1 aromatic rings. The van der Waals surface area contributed by atoms with E-state index in [1.54, 1.807) is 0 Å². The quantitative estimate of drug-likeness (QED) is 0.421. The average Bonchev–Trinajstić information content (AvgIpc) is 2.44. The highest BCUT2D eigenvalue weighted by molar-refractivity contribution is 6.13. The number of carboxylic acids is 1. The van der Waals surface area contributed by atoms with Crippen molar-refractivity contribution in [1.29, 1.82) is 0 Å². The zero-order chi connectivity index (χ0) is 15.2. The van der Waals surface area contributed by atoms with Crippen molar-refractivity contribution >= 4 is 13.7 Å². The smallest absolute Gasteiger partial charge is 0.480 e. The summed E-state index contributed by atoms with van der Waals surface area (Å²) >= 11 is 0. The molecule has 0 amide bonds. The number of hydrogen-bond acceptors (Lipinski definition) is 4. The second-order valence-electron chi connectivity index (χ2n) is 4.36. The van der Waals surface area contributed by atoms with Crippen LogP contribution in [0.25, 0.3) is 0 Å². The molecule has 0 fully saturated rings. The Balaban J connectivity index is 0.00000110. The van der Waals surface area contributed by atoms with Gasteiger partial charge < -0.3 is 20.5 Å². The fraction of sp³-hybridized carbons (Fsp3) is 0.500. The summed E-state index contributed by atoms with van der Waals surface area (Å²) in [6, 6.07) is 9.26. The molecule has 1 atom stereocenters. The fourth-order valence-electron chi connectivity index (χ4n) is 1.75. The van der Waals surface area contributed by atoms with Crippen LogP contribution in [0.15, 0.2) is 30.3 Å². The minimum atomic E-state index is -0.773. The highest BCUT2D eigenvalue weighted by Gasteiger charge is 2.16. The number of nitrogens with one attached hydrogen (secondary N) is 1. The summed E-state index contributed by atoms with van der Waals surface area (Å²) in [4.78, 5) is 11.1. The molecule has 0 bridgehead atoms. The molecule has 0 aliphatic rings. The first-order valence-corrected chi connectivity index (χ1v) is 6.75. The van der Waals surface area contributed by atoms with Crippen molar-refractivity contribution in [3.05, 3.63) is 35.9 Å². The van der Waals surface area contributed by atoms with Crippen molar-refractivity contribution in [2.45, 2.75) is 38.6 Å². The SMILES string of the molecule is CCCCCNC(Cc1ccccc1)C(=O)O.O[B]O. The fourth-order valence-corrected chi connectivity index (χ4v) is 1.75. The molecule has 6 heteroatoms. The Bertz CT molecular complexity index is 348. The Hall–Kier alpha value is -1.37. The van der Waals surface area contributed by atoms with Crippen LogP contribution in [0.2, 0.25) is 0 Å². The molecular weight excluding hydrogens is 257 g/mol. The zero-order valence-corrected chi connectivity index (χ0v) is 11.8. The van der Waals surface area contributed by atoms with Gasteiger partial charge in [-0.1, -0.05) is 50.1 Å². The summed E-state index contributed by atoms with van der Waals surface area (Å²) in [5, 5.41) is 26.2. The molecule has 1 rings (SSSR count). The first-order chi connectivity index (χ1) is 9.65. The molecule has 0 saturated heterocycles. The van der Waals surface area contributed by atoms with Gasteiger partial charge in [0, 0.05) is 0 Å². The largest absolute Gasteiger partial charge is 0.482 e. The van der Waals surface area contributed by atoms with Gasteiger partial charge in [0.25, 0.3) is 0 Å². The van der Waals surface area contributed by atoms with Gasteiger partial charge in [-0.15, -0.1) is 0 Å². The number of carboxylic acid groups (broad SMARTS) is 1. The van der Waals surface area contributed by atoms with Gasteiger partial charge in [0.1, 0.15) is 6.04 Å². The number of rotatable bonds is 8. The van der Waals surface area contributed by atoms with E-state index in [-0.39, 0.29) is 7.69 Å². The first kappa shape index (κ1) is 18.6. The molecule has 20 heavy (non-hydrogen) atoms. The molecule has 0 heterocycles. The number of benzene rings is 1. The molecule has 0 saturated carbocycles. The molecule has 0 aliphatic heterocycles. The van der Waals surface area contributed by atoms with E-state index in [0.29, 0.717) is 6.42 Å². The van der Waals surface area contributed by atoms with Crippen LogP contribution in [0.3, 0.4) is 0 Å². The van der Waals surface area contributed by atoms with Gasteiger partial charge in [-0.2, -0.15) is 0 Å². The van der Waals surface area contributed by atoms with Crippen LogP contribution >= 0.6 is 0 Å². The van der Waals surface area contributed by atoms with Gasteiger partial charge in [0.05, 0.1) is 0 Å². The maximum absolute atomic E-state index is 11.1. The predicted molar refractivity (Wildman–Crippen MR) is 79.3 cm³/mol. The van der Waals surface area contributed by atoms with Crippen LogP contribution in [0, 0.1) is 0 Å². The summed E-state index contributed by atoms with van der Waals surface area (Å²) in [6.45, 7) is 2.91. The lowest BCUT2D eigenvalue weighted by atomic mass is 10.1. The summed E-state index contributed by atoms with van der Waals surface area (Å²) in [7, 11) is 0. The first-order valence-electron chi connectivity index (χ1n) is 6.75. The second-order valence-corrected chi connectivity index (χ2v) is 4.36. The normalized spacial score (nSPS) is 11.2. The molecular formula is C14H23BNO4. The molecule has 1 unspecified atom stereocenters. The van der Waals surface area contributed by atoms with Gasteiger partial charge in [-0.25, -0.2) is 0 Å². The van der Waals surface area contributed by atoms with Crippen molar-refractivity contribution < 1.29 is 19.9 Å². The van der Waals surface area contributed by atoms with Gasteiger partial charge in [-0.3, -0.25) is 4.79 Å². The third kappa shape index (κ3) is 9.55. The Kier molecular flexibility index (Phi) is 11.8. The highest BCUT2D eigenvalue weighted by Crippen LogP contribution is 2.04. The standard InChI is InChI=1S/C14H21NO2.BH2O2/c1-2-3-7-10-15-13(14(16)17)11-12-8-5-4-6-9-12;2-1-3/h4-6,8-9,13,15H,2-3,7,10-11H2,1H3,(H,16,17);2-3H. The molecule has 0 spiro atoms. The van der Waals surface area contributed by atoms with E-state index in [2.05, 4.69) is 12.2 Å². The summed E-state index contributed by atoms with van der Waals surface area (Å²) < 4.78 is 0. The maximum Gasteiger partial charge on any atom is 0.482 e. The van der Waals surface area contributed by atoms with Gasteiger partial charge in [-0.05, 0) is 24.9 Å². The lowest BCUT2D eigenvalue weighted by Crippen LogP contribution is -2.39. The molecule has 4 N–H and O–H groups in total. The summed E-state index contributed by atoms with van der Waals surface area (Å²) in [5.41, 5.74) is 1.06. The average molecular weight is 280 g/mol. The minimum Gasteiger partial charge on any atom is -0.480 e. The summed E-state index contributed by atoms with van der Waals surface area (Å²) in [6.07, 6.45) is 3.88. The van der Waals surface area contributed by atoms with Gasteiger partial charge in [0.15, 0.2) is 0 Å². The van der Waals surface area contributed by atoms with E-state index in [0.717, 1.165) is 31.4 Å². The van der Waals surface area contributed by atoms with Crippen LogP contribution in [-0.2, 0) is 11.2 Å². The Labute approximate surface area is 121 Å². The van der Waals surface area contributed by atoms with Crippen molar-refractivity contribution in [2.24, 2.45) is 0 Å². The number of unbranched alkanes of at least 4 members (excludes halogenated alkanes) is 2. The van der Waals surface area contributed by atoms with E-state index in [1.807, 2.05) is 30.3 Å². The van der Waals surface area contributed by atoms with Gasteiger partial charge >= 0.3 is 13.7 Å². The van der Waals surface area contributed by atoms with E-state index < -0.39 is 12.0 Å². The van der Waals surface area contributed by atoms with E-state index >= 15 is 0 Å². The van der Waals surface area contributed by atoms with Crippen LogP contribution in [0.4, 0.5) is 0 Å². The predicted octanol–water partition coefficient (Wildman–Crippen LogP) is 0.967. The Morgan fingerprint density at radius 2 is 1.85 bits per heavy atom. The highest BCUT2D eigenvalue weighted by atomic mass is 16.4. The van der Waals surface area contributed by atoms with Crippen LogP contribution in [-0.4, -0.2) is 41.4 Å². The third-order valence-electron chi connectivity index (χ3n) is 2.75.